The number of fused-ring (bicyclic) bond motifs is 1. The van der Waals surface area contributed by atoms with Gasteiger partial charge in [-0.2, -0.15) is 0 Å². The van der Waals surface area contributed by atoms with Gasteiger partial charge in [-0.15, -0.1) is 11.3 Å². The highest BCUT2D eigenvalue weighted by Gasteiger charge is 2.24. The number of anilines is 1. The topological polar surface area (TPSA) is 85.6 Å². The fourth-order valence-corrected chi connectivity index (χ4v) is 4.42. The monoisotopic (exact) mass is 517 g/mol. The smallest absolute Gasteiger partial charge is 0.349 e. The Morgan fingerprint density at radius 1 is 1.13 bits per heavy atom. The maximum atomic E-state index is 12.9. The van der Waals surface area contributed by atoms with Crippen LogP contribution >= 0.6 is 38.9 Å². The second kappa shape index (κ2) is 8.66. The molecule has 0 fully saturated rings. The Morgan fingerprint density at radius 3 is 2.58 bits per heavy atom. The van der Waals surface area contributed by atoms with E-state index in [9.17, 15) is 14.4 Å². The van der Waals surface area contributed by atoms with Crippen LogP contribution in [0.3, 0.4) is 0 Å². The summed E-state index contributed by atoms with van der Waals surface area (Å²) in [5.41, 5.74) is 0.907. The SMILES string of the molecule is COC(=O)c1c(-c2ccc(Br)cc2)csc1NC(=O)c1cc2cc(Cl)ccc2oc1=O. The minimum atomic E-state index is -0.795. The summed E-state index contributed by atoms with van der Waals surface area (Å²) in [5.74, 6) is -1.31. The van der Waals surface area contributed by atoms with Gasteiger partial charge in [-0.25, -0.2) is 9.59 Å². The van der Waals surface area contributed by atoms with Crippen LogP contribution in [0.25, 0.3) is 22.1 Å². The Kier molecular flexibility index (Phi) is 5.95. The number of methoxy groups -OCH3 is 1. The number of thiophene rings is 1. The van der Waals surface area contributed by atoms with E-state index >= 15 is 0 Å². The number of amides is 1. The highest BCUT2D eigenvalue weighted by molar-refractivity contribution is 9.10. The van der Waals surface area contributed by atoms with Crippen molar-refractivity contribution in [3.63, 3.8) is 0 Å². The number of hydrogen-bond acceptors (Lipinski definition) is 6. The zero-order valence-corrected chi connectivity index (χ0v) is 19.1. The van der Waals surface area contributed by atoms with Crippen molar-refractivity contribution in [2.45, 2.75) is 0 Å². The van der Waals surface area contributed by atoms with E-state index < -0.39 is 17.5 Å². The lowest BCUT2D eigenvalue weighted by Crippen LogP contribution is -2.21. The van der Waals surface area contributed by atoms with Gasteiger partial charge in [-0.1, -0.05) is 39.7 Å². The first-order valence-electron chi connectivity index (χ1n) is 8.88. The maximum Gasteiger partial charge on any atom is 0.349 e. The van der Waals surface area contributed by atoms with Crippen molar-refractivity contribution >= 4 is 66.7 Å². The molecular formula is C22H13BrClNO5S. The van der Waals surface area contributed by atoms with E-state index in [-0.39, 0.29) is 16.1 Å². The van der Waals surface area contributed by atoms with Gasteiger partial charge in [0, 0.05) is 25.8 Å². The van der Waals surface area contributed by atoms with Crippen molar-refractivity contribution in [2.24, 2.45) is 0 Å². The van der Waals surface area contributed by atoms with Crippen LogP contribution < -0.4 is 10.9 Å². The molecule has 1 amide bonds. The van der Waals surface area contributed by atoms with Crippen molar-refractivity contribution < 1.29 is 18.7 Å². The van der Waals surface area contributed by atoms with Crippen molar-refractivity contribution in [1.82, 2.24) is 0 Å². The van der Waals surface area contributed by atoms with E-state index in [4.69, 9.17) is 20.8 Å². The summed E-state index contributed by atoms with van der Waals surface area (Å²) in [6, 6.07) is 13.5. The highest BCUT2D eigenvalue weighted by Crippen LogP contribution is 2.36. The van der Waals surface area contributed by atoms with Crippen LogP contribution in [0, 0.1) is 0 Å². The molecule has 2 aromatic heterocycles. The quantitative estimate of drug-likeness (QED) is 0.265. The lowest BCUT2D eigenvalue weighted by molar-refractivity contribution is 0.0603. The molecule has 4 aromatic rings. The molecule has 156 valence electrons. The standard InChI is InChI=1S/C22H13BrClNO5S/c1-29-22(28)18-16(11-2-4-13(23)5-3-11)10-31-20(18)25-19(26)15-9-12-8-14(24)6-7-17(12)30-21(15)27/h2-10H,1H3,(H,25,26). The van der Waals surface area contributed by atoms with Gasteiger partial charge in [0.2, 0.25) is 0 Å². The number of hydrogen-bond donors (Lipinski definition) is 1. The Labute approximate surface area is 193 Å². The number of halogens is 2. The number of carbonyl (C=O) groups excluding carboxylic acids is 2. The number of benzene rings is 2. The molecule has 31 heavy (non-hydrogen) atoms. The molecule has 1 N–H and O–H groups in total. The maximum absolute atomic E-state index is 12.9. The van der Waals surface area contributed by atoms with Crippen LogP contribution in [0.2, 0.25) is 5.02 Å². The predicted molar refractivity (Wildman–Crippen MR) is 124 cm³/mol. The molecule has 4 rings (SSSR count). The summed E-state index contributed by atoms with van der Waals surface area (Å²) in [5, 5.41) is 5.60. The normalized spacial score (nSPS) is 10.8. The first-order chi connectivity index (χ1) is 14.9. The lowest BCUT2D eigenvalue weighted by atomic mass is 10.0. The van der Waals surface area contributed by atoms with Crippen molar-refractivity contribution in [3.05, 3.63) is 85.0 Å². The zero-order chi connectivity index (χ0) is 22.1. The molecule has 0 aliphatic rings. The number of ether oxygens (including phenoxy) is 1. The third-order valence-corrected chi connectivity index (χ3v) is 6.16. The van der Waals surface area contributed by atoms with Gasteiger partial charge < -0.3 is 14.5 Å². The van der Waals surface area contributed by atoms with Gasteiger partial charge in [-0.3, -0.25) is 4.79 Å². The first kappa shape index (κ1) is 21.3. The van der Waals surface area contributed by atoms with Gasteiger partial charge in [0.15, 0.2) is 0 Å². The van der Waals surface area contributed by atoms with E-state index in [0.29, 0.717) is 21.6 Å². The second-order valence-corrected chi connectivity index (χ2v) is 8.67. The van der Waals surface area contributed by atoms with E-state index in [1.165, 1.54) is 13.2 Å². The van der Waals surface area contributed by atoms with Crippen LogP contribution in [0.4, 0.5) is 5.00 Å². The molecule has 6 nitrogen and oxygen atoms in total. The Hall–Kier alpha value is -2.94. The van der Waals surface area contributed by atoms with Crippen LogP contribution in [0.15, 0.2) is 67.6 Å². The van der Waals surface area contributed by atoms with Gasteiger partial charge in [-0.05, 0) is 42.0 Å². The highest BCUT2D eigenvalue weighted by atomic mass is 79.9. The van der Waals surface area contributed by atoms with Gasteiger partial charge in [0.1, 0.15) is 21.7 Å². The summed E-state index contributed by atoms with van der Waals surface area (Å²) in [7, 11) is 1.26. The average Bonchev–Trinajstić information content (AvgIpc) is 3.16. The van der Waals surface area contributed by atoms with Gasteiger partial charge in [0.25, 0.3) is 5.91 Å². The molecule has 9 heteroatoms. The fourth-order valence-electron chi connectivity index (χ4n) is 3.02. The third kappa shape index (κ3) is 4.27. The molecule has 0 atom stereocenters. The minimum absolute atomic E-state index is 0.204. The zero-order valence-electron chi connectivity index (χ0n) is 15.9. The number of nitrogens with one attached hydrogen (secondary N) is 1. The molecule has 0 radical (unpaired) electrons. The molecule has 0 unspecified atom stereocenters. The molecule has 0 aliphatic carbocycles. The fraction of sp³-hybridized carbons (Fsp3) is 0.0455. The Morgan fingerprint density at radius 2 is 1.87 bits per heavy atom. The van der Waals surface area contributed by atoms with Crippen LogP contribution in [-0.4, -0.2) is 19.0 Å². The Bertz CT molecular complexity index is 1380. The molecule has 0 aliphatic heterocycles. The average molecular weight is 519 g/mol. The molecule has 0 bridgehead atoms. The van der Waals surface area contributed by atoms with Crippen LogP contribution in [0.1, 0.15) is 20.7 Å². The second-order valence-electron chi connectivity index (χ2n) is 6.44. The first-order valence-corrected chi connectivity index (χ1v) is 10.9. The molecule has 2 heterocycles. The van der Waals surface area contributed by atoms with E-state index in [1.807, 2.05) is 24.3 Å². The van der Waals surface area contributed by atoms with Crippen molar-refractivity contribution in [1.29, 1.82) is 0 Å². The van der Waals surface area contributed by atoms with E-state index in [0.717, 1.165) is 21.4 Å². The summed E-state index contributed by atoms with van der Waals surface area (Å²) < 4.78 is 11.0. The minimum Gasteiger partial charge on any atom is -0.465 e. The van der Waals surface area contributed by atoms with Gasteiger partial charge in [0.05, 0.1) is 7.11 Å². The summed E-state index contributed by atoms with van der Waals surface area (Å²) in [4.78, 5) is 37.7. The lowest BCUT2D eigenvalue weighted by Gasteiger charge is -2.08. The van der Waals surface area contributed by atoms with E-state index in [2.05, 4.69) is 21.2 Å². The summed E-state index contributed by atoms with van der Waals surface area (Å²) >= 11 is 10.5. The predicted octanol–water partition coefficient (Wildman–Crippen LogP) is 5.98. The molecule has 0 saturated heterocycles. The van der Waals surface area contributed by atoms with E-state index in [1.54, 1.807) is 23.6 Å². The molecule has 2 aromatic carbocycles. The molecule has 0 spiro atoms. The molecule has 0 saturated carbocycles. The van der Waals surface area contributed by atoms with Crippen LogP contribution in [0.5, 0.6) is 0 Å². The summed E-state index contributed by atoms with van der Waals surface area (Å²) in [6.45, 7) is 0. The number of rotatable bonds is 4. The summed E-state index contributed by atoms with van der Waals surface area (Å²) in [6.07, 6.45) is 0. The van der Waals surface area contributed by atoms with Crippen molar-refractivity contribution in [2.75, 3.05) is 12.4 Å². The Balaban J connectivity index is 1.74. The number of esters is 1. The van der Waals surface area contributed by atoms with Gasteiger partial charge >= 0.3 is 11.6 Å². The molecular weight excluding hydrogens is 506 g/mol. The third-order valence-electron chi connectivity index (χ3n) is 4.50. The van der Waals surface area contributed by atoms with Crippen LogP contribution in [-0.2, 0) is 4.74 Å². The number of carbonyl (C=O) groups is 2. The van der Waals surface area contributed by atoms with Crippen molar-refractivity contribution in [3.8, 4) is 11.1 Å². The largest absolute Gasteiger partial charge is 0.465 e.